The Morgan fingerprint density at radius 1 is 1.08 bits per heavy atom. The Kier molecular flexibility index (Phi) is 10.3. The highest BCUT2D eigenvalue weighted by Gasteiger charge is 2.31. The van der Waals surface area contributed by atoms with Crippen LogP contribution < -0.4 is 16.4 Å². The first-order valence-corrected chi connectivity index (χ1v) is 16.4. The number of nitrogens with two attached hydrogens (primary N) is 1. The fourth-order valence-electron chi connectivity index (χ4n) is 6.18. The molecule has 0 saturated carbocycles. The van der Waals surface area contributed by atoms with Gasteiger partial charge in [0.25, 0.3) is 17.7 Å². The molecule has 16 heteroatoms. The van der Waals surface area contributed by atoms with Gasteiger partial charge < -0.3 is 30.6 Å². The Bertz CT molecular complexity index is 2150. The third-order valence-electron chi connectivity index (χ3n) is 8.90. The minimum atomic E-state index is -4.62. The van der Waals surface area contributed by atoms with Crippen molar-refractivity contribution in [2.45, 2.75) is 12.2 Å². The SMILES string of the molecule is C=C(F)C(=O)Nc1ccc(-c2c(-c3ccc(C(=O)NCC(F)(F)F)c(Cl)c3)c3c(N)ncc(C#CC(=O)N4CCN(C5COC5)CC4)c3n2C)cc1. The van der Waals surface area contributed by atoms with Crippen LogP contribution in [0.5, 0.6) is 0 Å². The monoisotopic (exact) mass is 737 g/mol. The highest BCUT2D eigenvalue weighted by Crippen LogP contribution is 2.44. The second kappa shape index (κ2) is 14.7. The molecule has 4 N–H and O–H groups in total. The Hall–Kier alpha value is -5.43. The van der Waals surface area contributed by atoms with Gasteiger partial charge in [-0.25, -0.2) is 9.37 Å². The lowest BCUT2D eigenvalue weighted by molar-refractivity contribution is -0.129. The van der Waals surface area contributed by atoms with Crippen LogP contribution in [0, 0.1) is 11.8 Å². The lowest BCUT2D eigenvalue weighted by Crippen LogP contribution is -2.57. The van der Waals surface area contributed by atoms with Crippen LogP contribution in [0.4, 0.5) is 29.1 Å². The van der Waals surface area contributed by atoms with Gasteiger partial charge in [0.2, 0.25) is 0 Å². The molecular formula is C36H32ClF4N7O4. The molecule has 2 aliphatic rings. The molecule has 0 atom stereocenters. The molecule has 11 nitrogen and oxygen atoms in total. The second-order valence-corrected chi connectivity index (χ2v) is 12.7. The highest BCUT2D eigenvalue weighted by molar-refractivity contribution is 6.34. The molecule has 6 rings (SSSR count). The molecule has 0 aliphatic carbocycles. The average molecular weight is 738 g/mol. The number of hydrogen-bond acceptors (Lipinski definition) is 7. The Balaban J connectivity index is 1.42. The van der Waals surface area contributed by atoms with E-state index in [1.165, 1.54) is 24.4 Å². The summed E-state index contributed by atoms with van der Waals surface area (Å²) in [7, 11) is 1.75. The number of amides is 3. The van der Waals surface area contributed by atoms with E-state index in [2.05, 4.69) is 33.6 Å². The topological polar surface area (TPSA) is 135 Å². The fraction of sp³-hybridized carbons (Fsp3) is 0.278. The number of nitrogen functional groups attached to an aromatic ring is 1. The number of piperazine rings is 1. The zero-order valence-corrected chi connectivity index (χ0v) is 28.5. The summed E-state index contributed by atoms with van der Waals surface area (Å²) in [5, 5.41) is 4.53. The standard InChI is InChI=1S/C36H32ClF4N7O4/c1-20(38)34(50)45-24-7-3-21(4-8-24)31-29(22-5-9-26(27(37)15-22)35(51)44-19-36(39,40)41)30-32(46(31)2)23(16-43-33(30)42)6-10-28(49)48-13-11-47(12-14-48)25-17-52-18-25/h3-5,7-9,15-16,25H,1,11-14,17-19H2,2H3,(H2,42,43)(H,44,51)(H,45,50). The number of carbonyl (C=O) groups excluding carboxylic acids is 3. The molecule has 0 spiro atoms. The highest BCUT2D eigenvalue weighted by atomic mass is 35.5. The number of benzene rings is 2. The number of halogens is 5. The normalized spacial score (nSPS) is 15.1. The number of nitrogens with one attached hydrogen (secondary N) is 2. The van der Waals surface area contributed by atoms with Crippen LogP contribution in [0.15, 0.2) is 61.1 Å². The summed E-state index contributed by atoms with van der Waals surface area (Å²) in [6, 6.07) is 11.1. The molecule has 0 radical (unpaired) electrons. The number of aromatic nitrogens is 2. The smallest absolute Gasteiger partial charge is 0.383 e. The van der Waals surface area contributed by atoms with Crippen molar-refractivity contribution >= 4 is 51.7 Å². The van der Waals surface area contributed by atoms with Gasteiger partial charge in [-0.2, -0.15) is 13.2 Å². The minimum Gasteiger partial charge on any atom is -0.383 e. The summed E-state index contributed by atoms with van der Waals surface area (Å²) in [6.45, 7) is 5.34. The van der Waals surface area contributed by atoms with E-state index in [0.717, 1.165) is 13.1 Å². The van der Waals surface area contributed by atoms with Crippen molar-refractivity contribution < 1.29 is 36.7 Å². The average Bonchev–Trinajstić information content (AvgIpc) is 3.40. The van der Waals surface area contributed by atoms with E-state index < -0.39 is 30.4 Å². The number of anilines is 2. The molecule has 2 fully saturated rings. The fourth-order valence-corrected chi connectivity index (χ4v) is 6.45. The van der Waals surface area contributed by atoms with Gasteiger partial charge in [0.1, 0.15) is 12.4 Å². The van der Waals surface area contributed by atoms with Crippen LogP contribution in [0.1, 0.15) is 15.9 Å². The lowest BCUT2D eigenvalue weighted by atomic mass is 9.96. The van der Waals surface area contributed by atoms with Gasteiger partial charge in [0.15, 0.2) is 5.83 Å². The maximum atomic E-state index is 13.3. The van der Waals surface area contributed by atoms with Crippen molar-refractivity contribution in [3.8, 4) is 34.2 Å². The van der Waals surface area contributed by atoms with Gasteiger partial charge in [0, 0.05) is 56.6 Å². The van der Waals surface area contributed by atoms with Crippen LogP contribution >= 0.6 is 11.6 Å². The summed E-state index contributed by atoms with van der Waals surface area (Å²) in [5.41, 5.74) is 9.59. The first-order valence-electron chi connectivity index (χ1n) is 16.0. The molecule has 4 heterocycles. The molecular weight excluding hydrogens is 706 g/mol. The molecule has 0 bridgehead atoms. The summed E-state index contributed by atoms with van der Waals surface area (Å²) < 4.78 is 58.7. The zero-order chi connectivity index (χ0) is 37.3. The van der Waals surface area contributed by atoms with Gasteiger partial charge in [0.05, 0.1) is 52.0 Å². The predicted molar refractivity (Wildman–Crippen MR) is 188 cm³/mol. The maximum Gasteiger partial charge on any atom is 0.405 e. The Labute approximate surface area is 300 Å². The van der Waals surface area contributed by atoms with Crippen LogP contribution in [0.3, 0.4) is 0 Å². The second-order valence-electron chi connectivity index (χ2n) is 12.3. The third-order valence-corrected chi connectivity index (χ3v) is 9.21. The first kappa shape index (κ1) is 36.4. The van der Waals surface area contributed by atoms with Crippen molar-refractivity contribution in [1.82, 2.24) is 24.7 Å². The molecule has 2 aliphatic heterocycles. The number of carbonyl (C=O) groups is 3. The first-order chi connectivity index (χ1) is 24.7. The van der Waals surface area contributed by atoms with Crippen molar-refractivity contribution in [1.29, 1.82) is 0 Å². The summed E-state index contributed by atoms with van der Waals surface area (Å²) >= 11 is 6.50. The van der Waals surface area contributed by atoms with E-state index in [1.54, 1.807) is 40.8 Å². The summed E-state index contributed by atoms with van der Waals surface area (Å²) in [6.07, 6.45) is -3.15. The van der Waals surface area contributed by atoms with Crippen molar-refractivity contribution in [3.05, 3.63) is 77.2 Å². The van der Waals surface area contributed by atoms with Crippen molar-refractivity contribution in [2.24, 2.45) is 7.05 Å². The van der Waals surface area contributed by atoms with E-state index in [9.17, 15) is 31.9 Å². The van der Waals surface area contributed by atoms with Crippen LogP contribution in [0.25, 0.3) is 33.3 Å². The van der Waals surface area contributed by atoms with Gasteiger partial charge in [-0.05, 0) is 35.4 Å². The Morgan fingerprint density at radius 3 is 2.35 bits per heavy atom. The number of nitrogens with zero attached hydrogens (tertiary/aromatic N) is 4. The van der Waals surface area contributed by atoms with Gasteiger partial charge in [-0.3, -0.25) is 19.3 Å². The van der Waals surface area contributed by atoms with E-state index in [4.69, 9.17) is 22.1 Å². The van der Waals surface area contributed by atoms with E-state index in [-0.39, 0.29) is 22.3 Å². The number of aryl methyl sites for hydroxylation is 1. The van der Waals surface area contributed by atoms with E-state index in [0.29, 0.717) is 76.9 Å². The maximum absolute atomic E-state index is 13.3. The van der Waals surface area contributed by atoms with Crippen LogP contribution in [0.2, 0.25) is 5.02 Å². The summed E-state index contributed by atoms with van der Waals surface area (Å²) in [4.78, 5) is 46.0. The minimum absolute atomic E-state index is 0.105. The molecule has 2 saturated heterocycles. The number of pyridine rings is 1. The van der Waals surface area contributed by atoms with Crippen molar-refractivity contribution in [2.75, 3.05) is 57.0 Å². The van der Waals surface area contributed by atoms with E-state index in [1.807, 2.05) is 5.32 Å². The zero-order valence-electron chi connectivity index (χ0n) is 27.7. The largest absolute Gasteiger partial charge is 0.405 e. The van der Waals surface area contributed by atoms with Gasteiger partial charge >= 0.3 is 6.18 Å². The lowest BCUT2D eigenvalue weighted by Gasteiger charge is -2.42. The molecule has 0 unspecified atom stereocenters. The van der Waals surface area contributed by atoms with E-state index >= 15 is 0 Å². The molecule has 4 aromatic rings. The molecule has 52 heavy (non-hydrogen) atoms. The molecule has 270 valence electrons. The number of rotatable bonds is 7. The third kappa shape index (κ3) is 7.59. The Morgan fingerprint density at radius 2 is 1.75 bits per heavy atom. The van der Waals surface area contributed by atoms with Gasteiger partial charge in [-0.15, -0.1) is 0 Å². The number of alkyl halides is 3. The quantitative estimate of drug-likeness (QED) is 0.142. The van der Waals surface area contributed by atoms with Crippen LogP contribution in [-0.2, 0) is 21.4 Å². The number of fused-ring (bicyclic) bond motifs is 1. The summed E-state index contributed by atoms with van der Waals surface area (Å²) in [5.74, 6) is 2.32. The predicted octanol–water partition coefficient (Wildman–Crippen LogP) is 4.75. The number of hydrogen-bond donors (Lipinski definition) is 3. The number of ether oxygens (including phenoxy) is 1. The van der Waals surface area contributed by atoms with Gasteiger partial charge in [-0.1, -0.05) is 42.3 Å². The molecule has 3 amide bonds. The van der Waals surface area contributed by atoms with Crippen molar-refractivity contribution in [3.63, 3.8) is 0 Å². The molecule has 2 aromatic carbocycles. The molecule has 2 aromatic heterocycles. The van der Waals surface area contributed by atoms with Crippen LogP contribution in [-0.4, -0.2) is 95.2 Å².